The van der Waals surface area contributed by atoms with Crippen LogP contribution >= 0.6 is 11.6 Å². The topological polar surface area (TPSA) is 57.7 Å². The van der Waals surface area contributed by atoms with E-state index >= 15 is 0 Å². The Morgan fingerprint density at radius 3 is 2.56 bits per heavy atom. The third-order valence-corrected chi connectivity index (χ3v) is 5.68. The Kier molecular flexibility index (Phi) is 5.01. The highest BCUT2D eigenvalue weighted by molar-refractivity contribution is 7.92. The standard InChI is InChI=1S/C18H19ClN2O3S/c1-25(23,24)21(13-14-6-2-3-9-17(14)19)16-8-4-7-15(12-16)20-11-5-10-18(20)22/h2-4,6-9,12H,5,10-11,13H2,1H3. The molecule has 0 bridgehead atoms. The number of rotatable bonds is 5. The lowest BCUT2D eigenvalue weighted by Crippen LogP contribution is -2.30. The molecule has 0 unspecified atom stereocenters. The van der Waals surface area contributed by atoms with Gasteiger partial charge in [-0.3, -0.25) is 9.10 Å². The van der Waals surface area contributed by atoms with Crippen molar-refractivity contribution >= 4 is 38.9 Å². The van der Waals surface area contributed by atoms with E-state index in [0.29, 0.717) is 29.4 Å². The van der Waals surface area contributed by atoms with Crippen molar-refractivity contribution in [2.24, 2.45) is 0 Å². The molecule has 25 heavy (non-hydrogen) atoms. The first-order chi connectivity index (χ1) is 11.9. The number of nitrogens with zero attached hydrogens (tertiary/aromatic N) is 2. The maximum Gasteiger partial charge on any atom is 0.232 e. The summed E-state index contributed by atoms with van der Waals surface area (Å²) < 4.78 is 26.0. The number of amides is 1. The Morgan fingerprint density at radius 1 is 1.16 bits per heavy atom. The SMILES string of the molecule is CS(=O)(=O)N(Cc1ccccc1Cl)c1cccc(N2CCCC2=O)c1. The second kappa shape index (κ2) is 7.06. The summed E-state index contributed by atoms with van der Waals surface area (Å²) in [6.07, 6.45) is 2.51. The predicted molar refractivity (Wildman–Crippen MR) is 101 cm³/mol. The highest BCUT2D eigenvalue weighted by Gasteiger charge is 2.24. The van der Waals surface area contributed by atoms with Crippen LogP contribution in [0.1, 0.15) is 18.4 Å². The van der Waals surface area contributed by atoms with E-state index in [4.69, 9.17) is 11.6 Å². The second-order valence-corrected chi connectivity index (χ2v) is 8.34. The summed E-state index contributed by atoms with van der Waals surface area (Å²) in [7, 11) is -3.52. The Balaban J connectivity index is 1.97. The highest BCUT2D eigenvalue weighted by Crippen LogP contribution is 2.29. The Hall–Kier alpha value is -2.05. The molecule has 1 amide bonds. The fraction of sp³-hybridized carbons (Fsp3) is 0.278. The van der Waals surface area contributed by atoms with Gasteiger partial charge in [-0.2, -0.15) is 0 Å². The molecular formula is C18H19ClN2O3S. The van der Waals surface area contributed by atoms with Gasteiger partial charge in [0.15, 0.2) is 0 Å². The fourth-order valence-corrected chi connectivity index (χ4v) is 3.98. The van der Waals surface area contributed by atoms with Gasteiger partial charge in [-0.15, -0.1) is 0 Å². The number of benzene rings is 2. The van der Waals surface area contributed by atoms with Crippen molar-refractivity contribution in [1.29, 1.82) is 0 Å². The van der Waals surface area contributed by atoms with Gasteiger partial charge >= 0.3 is 0 Å². The van der Waals surface area contributed by atoms with E-state index in [1.165, 1.54) is 4.31 Å². The first-order valence-corrected chi connectivity index (χ1v) is 10.2. The monoisotopic (exact) mass is 378 g/mol. The van der Waals surface area contributed by atoms with Crippen molar-refractivity contribution in [3.63, 3.8) is 0 Å². The molecule has 1 heterocycles. The average molecular weight is 379 g/mol. The minimum Gasteiger partial charge on any atom is -0.312 e. The van der Waals surface area contributed by atoms with Crippen LogP contribution in [0.2, 0.25) is 5.02 Å². The van der Waals surface area contributed by atoms with Crippen LogP contribution in [0.4, 0.5) is 11.4 Å². The maximum absolute atomic E-state index is 12.3. The fourth-order valence-electron chi connectivity index (χ4n) is 2.92. The molecule has 0 aromatic heterocycles. The molecule has 0 saturated carbocycles. The number of carbonyl (C=O) groups is 1. The van der Waals surface area contributed by atoms with Crippen LogP contribution in [-0.2, 0) is 21.4 Å². The predicted octanol–water partition coefficient (Wildman–Crippen LogP) is 3.43. The first kappa shape index (κ1) is 17.8. The van der Waals surface area contributed by atoms with Crippen molar-refractivity contribution in [3.8, 4) is 0 Å². The summed E-state index contributed by atoms with van der Waals surface area (Å²) in [6.45, 7) is 0.793. The number of halogens is 1. The number of hydrogen-bond acceptors (Lipinski definition) is 3. The molecule has 7 heteroatoms. The molecule has 0 spiro atoms. The highest BCUT2D eigenvalue weighted by atomic mass is 35.5. The zero-order valence-corrected chi connectivity index (χ0v) is 15.4. The van der Waals surface area contributed by atoms with E-state index in [2.05, 4.69) is 0 Å². The lowest BCUT2D eigenvalue weighted by Gasteiger charge is -2.25. The van der Waals surface area contributed by atoms with Crippen molar-refractivity contribution < 1.29 is 13.2 Å². The summed E-state index contributed by atoms with van der Waals surface area (Å²) in [6, 6.07) is 14.2. The lowest BCUT2D eigenvalue weighted by molar-refractivity contribution is -0.117. The molecule has 0 radical (unpaired) electrons. The lowest BCUT2D eigenvalue weighted by atomic mass is 10.2. The minimum absolute atomic E-state index is 0.0640. The average Bonchev–Trinajstić information content (AvgIpc) is 2.99. The summed E-state index contributed by atoms with van der Waals surface area (Å²) in [5.74, 6) is 0.0640. The molecule has 1 aliphatic heterocycles. The van der Waals surface area contributed by atoms with Gasteiger partial charge in [0.1, 0.15) is 0 Å². The van der Waals surface area contributed by atoms with E-state index < -0.39 is 10.0 Å². The summed E-state index contributed by atoms with van der Waals surface area (Å²) in [5, 5.41) is 0.516. The molecule has 2 aromatic rings. The van der Waals surface area contributed by atoms with Crippen molar-refractivity contribution in [2.45, 2.75) is 19.4 Å². The van der Waals surface area contributed by atoms with Gasteiger partial charge in [-0.25, -0.2) is 8.42 Å². The Bertz CT molecular complexity index is 899. The number of anilines is 2. The van der Waals surface area contributed by atoms with Gasteiger partial charge in [0, 0.05) is 23.7 Å². The van der Waals surface area contributed by atoms with Crippen molar-refractivity contribution in [2.75, 3.05) is 22.0 Å². The second-order valence-electron chi connectivity index (χ2n) is 6.03. The van der Waals surface area contributed by atoms with Crippen LogP contribution in [-0.4, -0.2) is 27.1 Å². The Morgan fingerprint density at radius 2 is 1.92 bits per heavy atom. The molecule has 3 rings (SSSR count). The molecular weight excluding hydrogens is 360 g/mol. The van der Waals surface area contributed by atoms with Gasteiger partial charge in [0.05, 0.1) is 18.5 Å². The molecule has 1 aliphatic rings. The van der Waals surface area contributed by atoms with Crippen LogP contribution in [0.15, 0.2) is 48.5 Å². The van der Waals surface area contributed by atoms with Gasteiger partial charge in [0.2, 0.25) is 15.9 Å². The van der Waals surface area contributed by atoms with Crippen LogP contribution in [0.3, 0.4) is 0 Å². The quantitative estimate of drug-likeness (QED) is 0.800. The molecule has 5 nitrogen and oxygen atoms in total. The largest absolute Gasteiger partial charge is 0.312 e. The summed E-state index contributed by atoms with van der Waals surface area (Å²) >= 11 is 6.19. The van der Waals surface area contributed by atoms with E-state index in [0.717, 1.165) is 18.2 Å². The number of carbonyl (C=O) groups excluding carboxylic acids is 1. The molecule has 132 valence electrons. The van der Waals surface area contributed by atoms with Gasteiger partial charge in [0.25, 0.3) is 0 Å². The van der Waals surface area contributed by atoms with E-state index in [1.54, 1.807) is 41.3 Å². The first-order valence-electron chi connectivity index (χ1n) is 7.98. The molecule has 2 aromatic carbocycles. The third kappa shape index (κ3) is 3.96. The van der Waals surface area contributed by atoms with Crippen molar-refractivity contribution in [1.82, 2.24) is 0 Å². The Labute approximate surface area is 152 Å². The van der Waals surface area contributed by atoms with Crippen LogP contribution in [0.25, 0.3) is 0 Å². The molecule has 1 saturated heterocycles. The third-order valence-electron chi connectivity index (χ3n) is 4.17. The van der Waals surface area contributed by atoms with E-state index in [1.807, 2.05) is 12.1 Å². The normalized spacial score (nSPS) is 14.8. The van der Waals surface area contributed by atoms with Gasteiger partial charge in [-0.1, -0.05) is 35.9 Å². The van der Waals surface area contributed by atoms with Crippen LogP contribution in [0.5, 0.6) is 0 Å². The molecule has 1 fully saturated rings. The van der Waals surface area contributed by atoms with Crippen molar-refractivity contribution in [3.05, 3.63) is 59.1 Å². The van der Waals surface area contributed by atoms with Gasteiger partial charge < -0.3 is 4.90 Å². The molecule has 0 N–H and O–H groups in total. The summed E-state index contributed by atoms with van der Waals surface area (Å²) in [4.78, 5) is 13.7. The zero-order valence-electron chi connectivity index (χ0n) is 13.9. The smallest absolute Gasteiger partial charge is 0.232 e. The zero-order chi connectivity index (χ0) is 18.0. The van der Waals surface area contributed by atoms with Crippen LogP contribution < -0.4 is 9.21 Å². The maximum atomic E-state index is 12.3. The van der Waals surface area contributed by atoms with Gasteiger partial charge in [-0.05, 0) is 36.2 Å². The minimum atomic E-state index is -3.52. The van der Waals surface area contributed by atoms with E-state index in [9.17, 15) is 13.2 Å². The van der Waals surface area contributed by atoms with E-state index in [-0.39, 0.29) is 12.5 Å². The number of hydrogen-bond donors (Lipinski definition) is 0. The molecule has 0 aliphatic carbocycles. The summed E-state index contributed by atoms with van der Waals surface area (Å²) in [5.41, 5.74) is 1.95. The molecule has 0 atom stereocenters. The van der Waals surface area contributed by atoms with Crippen LogP contribution in [0, 0.1) is 0 Å². The number of sulfonamides is 1.